The standard InChI is InChI=1S/C18H27N3O2S/c1-2-22-13-5-10-19-18(20-11-8-16-6-3-14-23-16)21-12-9-17-7-4-15-24-17/h3-4,6-7,14-15H,2,5,8-13H2,1H3,(H2,19,20,21). The third kappa shape index (κ3) is 7.66. The van der Waals surface area contributed by atoms with Gasteiger partial charge in [-0.05, 0) is 43.3 Å². The summed E-state index contributed by atoms with van der Waals surface area (Å²) in [4.78, 5) is 6.00. The van der Waals surface area contributed by atoms with Gasteiger partial charge in [0, 0.05) is 44.1 Å². The fraction of sp³-hybridized carbons (Fsp3) is 0.500. The molecule has 0 radical (unpaired) electrons. The van der Waals surface area contributed by atoms with Gasteiger partial charge in [-0.1, -0.05) is 6.07 Å². The molecule has 132 valence electrons. The Balaban J connectivity index is 1.72. The van der Waals surface area contributed by atoms with Crippen LogP contribution in [0.5, 0.6) is 0 Å². The van der Waals surface area contributed by atoms with Gasteiger partial charge in [-0.2, -0.15) is 0 Å². The molecule has 0 aliphatic carbocycles. The van der Waals surface area contributed by atoms with Gasteiger partial charge in [-0.3, -0.25) is 4.99 Å². The third-order valence-corrected chi connectivity index (χ3v) is 4.34. The van der Waals surface area contributed by atoms with Crippen molar-refractivity contribution in [3.8, 4) is 0 Å². The molecule has 0 saturated heterocycles. The first kappa shape index (κ1) is 18.5. The van der Waals surface area contributed by atoms with Crippen molar-refractivity contribution >= 4 is 17.3 Å². The van der Waals surface area contributed by atoms with Crippen LogP contribution >= 0.6 is 11.3 Å². The summed E-state index contributed by atoms with van der Waals surface area (Å²) >= 11 is 1.79. The number of ether oxygens (including phenoxy) is 1. The molecule has 0 amide bonds. The number of hydrogen-bond donors (Lipinski definition) is 2. The Morgan fingerprint density at radius 1 is 1.21 bits per heavy atom. The summed E-state index contributed by atoms with van der Waals surface area (Å²) in [7, 11) is 0. The highest BCUT2D eigenvalue weighted by molar-refractivity contribution is 7.09. The Hall–Kier alpha value is -1.79. The quantitative estimate of drug-likeness (QED) is 0.372. The lowest BCUT2D eigenvalue weighted by atomic mass is 10.3. The van der Waals surface area contributed by atoms with Crippen LogP contribution in [0.4, 0.5) is 0 Å². The molecule has 2 rings (SSSR count). The van der Waals surface area contributed by atoms with Gasteiger partial charge in [0.1, 0.15) is 5.76 Å². The van der Waals surface area contributed by atoms with Crippen LogP contribution in [0.25, 0.3) is 0 Å². The van der Waals surface area contributed by atoms with E-state index in [0.717, 1.165) is 63.8 Å². The molecule has 0 spiro atoms. The van der Waals surface area contributed by atoms with Crippen molar-refractivity contribution in [2.75, 3.05) is 32.8 Å². The molecule has 2 aromatic heterocycles. The van der Waals surface area contributed by atoms with E-state index in [0.29, 0.717) is 0 Å². The molecule has 0 unspecified atom stereocenters. The average Bonchev–Trinajstić information content (AvgIpc) is 3.28. The van der Waals surface area contributed by atoms with Gasteiger partial charge in [0.05, 0.1) is 6.26 Å². The third-order valence-electron chi connectivity index (χ3n) is 3.41. The van der Waals surface area contributed by atoms with Crippen molar-refractivity contribution in [2.24, 2.45) is 4.99 Å². The molecule has 0 aromatic carbocycles. The van der Waals surface area contributed by atoms with Crippen LogP contribution in [0, 0.1) is 0 Å². The summed E-state index contributed by atoms with van der Waals surface area (Å²) in [6, 6.07) is 8.15. The number of furan rings is 1. The molecule has 2 aromatic rings. The van der Waals surface area contributed by atoms with Crippen LogP contribution < -0.4 is 10.6 Å². The van der Waals surface area contributed by atoms with Crippen LogP contribution in [-0.2, 0) is 17.6 Å². The monoisotopic (exact) mass is 349 g/mol. The maximum Gasteiger partial charge on any atom is 0.191 e. The highest BCUT2D eigenvalue weighted by Crippen LogP contribution is 2.08. The molecule has 2 heterocycles. The van der Waals surface area contributed by atoms with Gasteiger partial charge >= 0.3 is 0 Å². The molecule has 2 N–H and O–H groups in total. The first-order chi connectivity index (χ1) is 11.9. The van der Waals surface area contributed by atoms with Gasteiger partial charge in [-0.25, -0.2) is 0 Å². The van der Waals surface area contributed by atoms with Crippen LogP contribution in [0.15, 0.2) is 45.3 Å². The molecular weight excluding hydrogens is 322 g/mol. The zero-order chi connectivity index (χ0) is 16.9. The summed E-state index contributed by atoms with van der Waals surface area (Å²) in [6.45, 7) is 5.96. The lowest BCUT2D eigenvalue weighted by molar-refractivity contribution is 0.146. The maximum atomic E-state index is 5.36. The van der Waals surface area contributed by atoms with Crippen molar-refractivity contribution in [3.63, 3.8) is 0 Å². The second-order valence-electron chi connectivity index (χ2n) is 5.29. The van der Waals surface area contributed by atoms with Crippen LogP contribution in [0.1, 0.15) is 24.0 Å². The average molecular weight is 350 g/mol. The molecular formula is C18H27N3O2S. The van der Waals surface area contributed by atoms with E-state index in [9.17, 15) is 0 Å². The Bertz CT molecular complexity index is 511. The van der Waals surface area contributed by atoms with E-state index in [1.807, 2.05) is 19.1 Å². The van der Waals surface area contributed by atoms with Gasteiger partial charge < -0.3 is 19.8 Å². The highest BCUT2D eigenvalue weighted by Gasteiger charge is 2.01. The molecule has 0 bridgehead atoms. The van der Waals surface area contributed by atoms with Crippen molar-refractivity contribution in [1.82, 2.24) is 10.6 Å². The van der Waals surface area contributed by atoms with Crippen LogP contribution in [0.2, 0.25) is 0 Å². The minimum atomic E-state index is 0.759. The first-order valence-corrected chi connectivity index (χ1v) is 9.41. The van der Waals surface area contributed by atoms with E-state index in [2.05, 4.69) is 33.1 Å². The summed E-state index contributed by atoms with van der Waals surface area (Å²) < 4.78 is 10.7. The van der Waals surface area contributed by atoms with Crippen molar-refractivity contribution in [1.29, 1.82) is 0 Å². The summed E-state index contributed by atoms with van der Waals surface area (Å²) in [5.41, 5.74) is 0. The maximum absolute atomic E-state index is 5.36. The normalized spacial score (nSPS) is 11.6. The zero-order valence-corrected chi connectivity index (χ0v) is 15.1. The van der Waals surface area contributed by atoms with E-state index in [-0.39, 0.29) is 0 Å². The largest absolute Gasteiger partial charge is 0.469 e. The first-order valence-electron chi connectivity index (χ1n) is 8.53. The Morgan fingerprint density at radius 2 is 2.08 bits per heavy atom. The SMILES string of the molecule is CCOCCCN=C(NCCc1ccco1)NCCc1cccs1. The van der Waals surface area contributed by atoms with Gasteiger partial charge in [0.25, 0.3) is 0 Å². The topological polar surface area (TPSA) is 58.8 Å². The second-order valence-corrected chi connectivity index (χ2v) is 6.33. The van der Waals surface area contributed by atoms with E-state index in [1.165, 1.54) is 4.88 Å². The number of nitrogens with one attached hydrogen (secondary N) is 2. The lowest BCUT2D eigenvalue weighted by Crippen LogP contribution is -2.39. The molecule has 0 saturated carbocycles. The van der Waals surface area contributed by atoms with Gasteiger partial charge in [0.2, 0.25) is 0 Å². The Labute approximate surface area is 148 Å². The predicted octanol–water partition coefficient (Wildman–Crippen LogP) is 3.09. The fourth-order valence-electron chi connectivity index (χ4n) is 2.19. The molecule has 0 aliphatic rings. The van der Waals surface area contributed by atoms with Crippen molar-refractivity contribution < 1.29 is 9.15 Å². The molecule has 6 heteroatoms. The summed E-state index contributed by atoms with van der Waals surface area (Å²) in [6.07, 6.45) is 4.49. The van der Waals surface area contributed by atoms with E-state index >= 15 is 0 Å². The van der Waals surface area contributed by atoms with Crippen LogP contribution in [-0.4, -0.2) is 38.8 Å². The number of rotatable bonds is 11. The number of aliphatic imine (C=N–C) groups is 1. The molecule has 5 nitrogen and oxygen atoms in total. The summed E-state index contributed by atoms with van der Waals surface area (Å²) in [5, 5.41) is 8.88. The van der Waals surface area contributed by atoms with E-state index in [4.69, 9.17) is 9.15 Å². The molecule has 0 fully saturated rings. The van der Waals surface area contributed by atoms with E-state index in [1.54, 1.807) is 17.6 Å². The number of guanidine groups is 1. The van der Waals surface area contributed by atoms with Crippen molar-refractivity contribution in [3.05, 3.63) is 46.5 Å². The number of hydrogen-bond acceptors (Lipinski definition) is 4. The lowest BCUT2D eigenvalue weighted by Gasteiger charge is -2.12. The van der Waals surface area contributed by atoms with Gasteiger partial charge in [-0.15, -0.1) is 11.3 Å². The molecule has 24 heavy (non-hydrogen) atoms. The zero-order valence-electron chi connectivity index (χ0n) is 14.3. The molecule has 0 atom stereocenters. The number of nitrogens with zero attached hydrogens (tertiary/aromatic N) is 1. The van der Waals surface area contributed by atoms with Crippen molar-refractivity contribution in [2.45, 2.75) is 26.2 Å². The fourth-order valence-corrected chi connectivity index (χ4v) is 2.90. The minimum absolute atomic E-state index is 0.759. The van der Waals surface area contributed by atoms with Crippen LogP contribution in [0.3, 0.4) is 0 Å². The highest BCUT2D eigenvalue weighted by atomic mass is 32.1. The smallest absolute Gasteiger partial charge is 0.191 e. The minimum Gasteiger partial charge on any atom is -0.469 e. The Morgan fingerprint density at radius 3 is 2.79 bits per heavy atom. The predicted molar refractivity (Wildman–Crippen MR) is 99.9 cm³/mol. The van der Waals surface area contributed by atoms with E-state index < -0.39 is 0 Å². The Kier molecular flexibility index (Phi) is 9.04. The number of thiophene rings is 1. The molecule has 0 aliphatic heterocycles. The van der Waals surface area contributed by atoms with Gasteiger partial charge in [0.15, 0.2) is 5.96 Å². The second kappa shape index (κ2) is 11.7. The summed E-state index contributed by atoms with van der Waals surface area (Å²) in [5.74, 6) is 1.84.